The first-order valence-corrected chi connectivity index (χ1v) is 45.1. The summed E-state index contributed by atoms with van der Waals surface area (Å²) < 4.78 is 4.94. The topological polar surface area (TPSA) is 204 Å². The first kappa shape index (κ1) is 92.8. The molecule has 0 bridgehead atoms. The zero-order valence-electron chi connectivity index (χ0n) is 74.5. The summed E-state index contributed by atoms with van der Waals surface area (Å²) in [6.07, 6.45) is 26.5. The van der Waals surface area contributed by atoms with E-state index in [1.807, 2.05) is 103 Å². The number of anilines is 6. The molecular weight excluding hydrogens is 1720 g/mol. The molecule has 2 heterocycles. The lowest BCUT2D eigenvalue weighted by atomic mass is 9.93. The van der Waals surface area contributed by atoms with Crippen LogP contribution in [0.3, 0.4) is 0 Å². The number of aryl methyl sites for hydroxylation is 4. The smallest absolute Gasteiger partial charge is 0.346 e. The average Bonchev–Trinajstić information content (AvgIpc) is 0.855. The van der Waals surface area contributed by atoms with Gasteiger partial charge in [0.05, 0.1) is 13.1 Å². The number of hydrogen-bond donors (Lipinski definition) is 4. The van der Waals surface area contributed by atoms with Crippen LogP contribution in [-0.2, 0) is 19.1 Å². The highest BCUT2D eigenvalue weighted by atomic mass is 32.1. The molecule has 16 aromatic rings. The van der Waals surface area contributed by atoms with Crippen molar-refractivity contribution in [1.29, 1.82) is 10.5 Å². The molecular formula is C120H88N6O8S2. The Morgan fingerprint density at radius 2 is 0.654 bits per heavy atom. The minimum absolute atomic E-state index is 0.0435. The third kappa shape index (κ3) is 24.0. The highest BCUT2D eigenvalue weighted by Gasteiger charge is 2.21. The molecule has 0 spiro atoms. The lowest BCUT2D eigenvalue weighted by Gasteiger charge is -2.26. The highest BCUT2D eigenvalue weighted by molar-refractivity contribution is 7.19. The van der Waals surface area contributed by atoms with Crippen LogP contribution in [0.2, 0.25) is 0 Å². The summed E-state index contributed by atoms with van der Waals surface area (Å²) in [5.74, 6) is -3.70. The first-order chi connectivity index (χ1) is 66.2. The van der Waals surface area contributed by atoms with Gasteiger partial charge in [0, 0.05) is 32.5 Å². The number of fused-ring (bicyclic) bond motifs is 2. The molecule has 0 atom stereocenters. The van der Waals surface area contributed by atoms with Crippen molar-refractivity contribution in [2.45, 2.75) is 27.7 Å². The molecule has 14 nitrogen and oxygen atoms in total. The van der Waals surface area contributed by atoms with Crippen LogP contribution in [0, 0.1) is 63.5 Å². The number of thiophene rings is 2. The summed E-state index contributed by atoms with van der Waals surface area (Å²) >= 11 is 3.35. The van der Waals surface area contributed by atoms with Crippen LogP contribution < -0.4 is 9.80 Å². The molecule has 0 fully saturated rings. The van der Waals surface area contributed by atoms with Gasteiger partial charge in [0.15, 0.2) is 12.6 Å². The summed E-state index contributed by atoms with van der Waals surface area (Å²) in [4.78, 5) is 46.8. The van der Waals surface area contributed by atoms with Gasteiger partial charge in [-0.25, -0.2) is 14.5 Å². The fourth-order valence-corrected chi connectivity index (χ4v) is 17.1. The summed E-state index contributed by atoms with van der Waals surface area (Å²) in [7, 11) is 0. The van der Waals surface area contributed by atoms with E-state index in [0.29, 0.717) is 16.7 Å². The molecule has 0 saturated heterocycles. The second-order valence-electron chi connectivity index (χ2n) is 32.0. The number of hydrogen-bond acceptors (Lipinski definition) is 11. The van der Waals surface area contributed by atoms with E-state index in [1.54, 1.807) is 71.2 Å². The van der Waals surface area contributed by atoms with Crippen LogP contribution in [0.15, 0.2) is 362 Å². The Balaban J connectivity index is 0.000000209. The Hall–Kier alpha value is -17.9. The SMILES string of the molecule is [C-]#[N+]/C(=C\c1ccc(/C=C/c2ccc(N(c3ccc(/C=C(\c4ccccc4)c4ccc(C)c(C)c4)cc3)c3ccc(/C=C/c4ccc(/C=C(\C#N)OCO)cc4)s3)s2)cc1)C(=O)O.[C-]#[N+]/C(=C\c1ccc(/C=C/c2ccc3cc(N(c4ccc(/C=C(\c5ccccc5)c5ccc(C)c(C)c5)cc4)c4ccc5cc(/C=C/c6ccc(/C=C(\C#N)C(=O)O)cc6)ccc5c4)ccc3c2)cc1)C(=O)O. The fraction of sp³-hybridized carbons (Fsp3) is 0.0417. The van der Waals surface area contributed by atoms with Gasteiger partial charge in [-0.2, -0.15) is 10.5 Å². The fourth-order valence-electron chi connectivity index (χ4n) is 15.2. The molecule has 14 aromatic carbocycles. The van der Waals surface area contributed by atoms with Gasteiger partial charge < -0.3 is 30.1 Å². The molecule has 16 heteroatoms. The number of carboxylic acid groups (broad SMARTS) is 3. The summed E-state index contributed by atoms with van der Waals surface area (Å²) in [5, 5.41) is 61.5. The third-order valence-electron chi connectivity index (χ3n) is 22.7. The van der Waals surface area contributed by atoms with Crippen molar-refractivity contribution < 1.29 is 39.5 Å². The van der Waals surface area contributed by atoms with Crippen LogP contribution in [0.25, 0.3) is 127 Å². The van der Waals surface area contributed by atoms with E-state index in [-0.39, 0.29) is 22.7 Å². The monoisotopic (exact) mass is 1800 g/mol. The number of nitriles is 2. The molecule has 0 amide bonds. The number of ether oxygens (including phenoxy) is 1. The van der Waals surface area contributed by atoms with Crippen molar-refractivity contribution >= 4 is 191 Å². The van der Waals surface area contributed by atoms with Gasteiger partial charge in [0.1, 0.15) is 27.7 Å². The van der Waals surface area contributed by atoms with E-state index >= 15 is 0 Å². The Morgan fingerprint density at radius 3 is 1.02 bits per heavy atom. The molecule has 16 rings (SSSR count). The van der Waals surface area contributed by atoms with Gasteiger partial charge in [0.25, 0.3) is 11.4 Å². The van der Waals surface area contributed by atoms with E-state index in [4.69, 9.17) is 28.2 Å². The van der Waals surface area contributed by atoms with Gasteiger partial charge in [-0.15, -0.1) is 22.7 Å². The Morgan fingerprint density at radius 1 is 0.324 bits per heavy atom. The van der Waals surface area contributed by atoms with Gasteiger partial charge >= 0.3 is 17.9 Å². The van der Waals surface area contributed by atoms with Crippen molar-refractivity contribution in [3.8, 4) is 12.1 Å². The molecule has 0 aliphatic rings. The Labute approximate surface area is 798 Å². The van der Waals surface area contributed by atoms with Crippen LogP contribution >= 0.6 is 22.7 Å². The van der Waals surface area contributed by atoms with Crippen LogP contribution in [0.5, 0.6) is 0 Å². The second kappa shape index (κ2) is 44.2. The van der Waals surface area contributed by atoms with Gasteiger partial charge in [-0.1, -0.05) is 291 Å². The largest absolute Gasteiger partial charge is 0.486 e. The number of aliphatic carboxylic acids is 3. The number of carbonyl (C=O) groups is 3. The molecule has 0 saturated carbocycles. The Bertz CT molecular complexity index is 7500. The molecule has 0 radical (unpaired) electrons. The number of allylic oxidation sites excluding steroid dienone is 1. The predicted molar refractivity (Wildman–Crippen MR) is 561 cm³/mol. The summed E-state index contributed by atoms with van der Waals surface area (Å²) in [6.45, 7) is 22.3. The zero-order valence-corrected chi connectivity index (χ0v) is 76.2. The minimum atomic E-state index is -1.25. The van der Waals surface area contributed by atoms with E-state index in [2.05, 4.69) is 314 Å². The van der Waals surface area contributed by atoms with E-state index in [0.717, 1.165) is 136 Å². The van der Waals surface area contributed by atoms with Crippen molar-refractivity contribution in [1.82, 2.24) is 0 Å². The lowest BCUT2D eigenvalue weighted by Crippen LogP contribution is -2.10. The third-order valence-corrected chi connectivity index (χ3v) is 24.8. The van der Waals surface area contributed by atoms with Crippen LogP contribution in [0.1, 0.15) is 121 Å². The van der Waals surface area contributed by atoms with E-state index in [9.17, 15) is 35.0 Å². The molecule has 2 aromatic heterocycles. The minimum Gasteiger partial charge on any atom is -0.486 e. The number of aliphatic hydroxyl groups is 1. The summed E-state index contributed by atoms with van der Waals surface area (Å²) in [5.41, 5.74) is 25.8. The molecule has 136 heavy (non-hydrogen) atoms. The van der Waals surface area contributed by atoms with E-state index in [1.165, 1.54) is 51.6 Å². The molecule has 4 N–H and O–H groups in total. The standard InChI is InChI=1S/C66H47N3O4.C54H41N3O4S2/c1-44-9-26-58(35-45(44)2)63(53-7-5-4-6-8-53)39-51-24-31-60(32-25-51)69(61-33-29-54-36-49(22-27-56(54)41-61)18-12-46-10-16-48(17-11-46)38-59(43-67)65(70)71)62-34-30-55-37-50(23-28-57(55)42-62)19-13-47-14-20-52(21-15-47)40-64(68-3)66(72)73;1-37-9-22-45(31-38(37)2)50(44-7-5-4-6-8-44)33-42-18-23-46(24-19-42)57(52-29-27-48(62-52)25-20-39-10-14-41(15-11-39)32-47(35-55)61-36-58)53-30-28-49(63-53)26-21-40-12-16-43(17-13-40)34-51(56-3)54(59)60/h4-42H,1-2H3,(H,70,71)(H,72,73);4-34,58H,36H2,1-2H3,(H,59,60)/b18-12+,19-13+,59-38+,63-39+,64-40-;25-20+,26-21+,47-32+,50-33+,51-34-. The molecule has 658 valence electrons. The predicted octanol–water partition coefficient (Wildman–Crippen LogP) is 30.3. The van der Waals surface area contributed by atoms with Crippen molar-refractivity contribution in [2.75, 3.05) is 16.6 Å². The second-order valence-corrected chi connectivity index (χ2v) is 34.2. The van der Waals surface area contributed by atoms with Crippen LogP contribution in [-0.4, -0.2) is 45.1 Å². The first-order valence-electron chi connectivity index (χ1n) is 43.4. The quantitative estimate of drug-likeness (QED) is 0.00863. The number of aliphatic hydroxyl groups excluding tert-OH is 1. The maximum atomic E-state index is 11.3. The molecule has 0 aliphatic carbocycles. The molecule has 0 aliphatic heterocycles. The van der Waals surface area contributed by atoms with Crippen LogP contribution in [0.4, 0.5) is 32.8 Å². The highest BCUT2D eigenvalue weighted by Crippen LogP contribution is 2.45. The normalized spacial score (nSPS) is 12.0. The number of rotatable bonds is 29. The maximum Gasteiger partial charge on any atom is 0.346 e. The Kier molecular flexibility index (Phi) is 30.1. The average molecular weight is 1810 g/mol. The molecule has 0 unspecified atom stereocenters. The van der Waals surface area contributed by atoms with Crippen molar-refractivity contribution in [3.05, 3.63) is 506 Å². The van der Waals surface area contributed by atoms with Crippen molar-refractivity contribution in [3.63, 3.8) is 0 Å². The van der Waals surface area contributed by atoms with Crippen molar-refractivity contribution in [2.24, 2.45) is 0 Å². The van der Waals surface area contributed by atoms with Gasteiger partial charge in [0.2, 0.25) is 0 Å². The van der Waals surface area contributed by atoms with E-state index < -0.39 is 24.7 Å². The number of nitrogens with zero attached hydrogens (tertiary/aromatic N) is 6. The lowest BCUT2D eigenvalue weighted by molar-refractivity contribution is -0.133. The van der Waals surface area contributed by atoms with Gasteiger partial charge in [-0.3, -0.25) is 14.5 Å². The van der Waals surface area contributed by atoms with Gasteiger partial charge in [-0.05, 0) is 305 Å². The maximum absolute atomic E-state index is 11.3. The number of benzene rings is 14. The zero-order chi connectivity index (χ0) is 95.0. The summed E-state index contributed by atoms with van der Waals surface area (Å²) in [6, 6.07) is 120. The number of carboxylic acids is 3.